The van der Waals surface area contributed by atoms with Crippen molar-refractivity contribution in [1.82, 2.24) is 20.2 Å². The minimum absolute atomic E-state index is 0.0705. The van der Waals surface area contributed by atoms with E-state index < -0.39 is 24.9 Å². The van der Waals surface area contributed by atoms with Crippen LogP contribution in [0.1, 0.15) is 5.56 Å². The number of rotatable bonds is 8. The predicted octanol–water partition coefficient (Wildman–Crippen LogP) is 3.52. The normalized spacial score (nSPS) is 11.3. The maximum atomic E-state index is 12.6. The van der Waals surface area contributed by atoms with E-state index in [1.54, 1.807) is 24.3 Å². The van der Waals surface area contributed by atoms with Crippen molar-refractivity contribution in [2.75, 3.05) is 5.32 Å². The molecule has 3 aromatic rings. The Kier molecular flexibility index (Phi) is 6.57. The van der Waals surface area contributed by atoms with E-state index in [2.05, 4.69) is 30.3 Å². The quantitative estimate of drug-likeness (QED) is 0.440. The van der Waals surface area contributed by atoms with Crippen LogP contribution in [0.3, 0.4) is 0 Å². The van der Waals surface area contributed by atoms with Crippen LogP contribution in [0.2, 0.25) is 0 Å². The molecule has 1 N–H and O–H groups in total. The van der Waals surface area contributed by atoms with Crippen molar-refractivity contribution in [2.45, 2.75) is 13.2 Å². The molecule has 1 heterocycles. The summed E-state index contributed by atoms with van der Waals surface area (Å²) in [5, 5.41) is 13.4. The second-order valence-corrected chi connectivity index (χ2v) is 5.58. The first kappa shape index (κ1) is 20.8. The second-order valence-electron chi connectivity index (χ2n) is 5.58. The second kappa shape index (κ2) is 9.49. The van der Waals surface area contributed by atoms with Crippen molar-refractivity contribution in [3.8, 4) is 17.2 Å². The van der Waals surface area contributed by atoms with Gasteiger partial charge in [0.25, 0.3) is 0 Å². The standard InChI is InChI=1S/C18H13F4N5O3/c19-17(20)29-14-7-1-11(15(9-14)30-18(21)22)2-8-16(28)24-12-3-5-13(6-4-12)27-10-23-25-26-27/h1-10,17-18H,(H,24,28)/b8-2+. The molecule has 3 rings (SSSR count). The lowest BCUT2D eigenvalue weighted by Crippen LogP contribution is -2.08. The van der Waals surface area contributed by atoms with Gasteiger partial charge < -0.3 is 14.8 Å². The molecule has 0 saturated heterocycles. The number of hydrogen-bond acceptors (Lipinski definition) is 6. The van der Waals surface area contributed by atoms with Gasteiger partial charge in [-0.1, -0.05) is 0 Å². The Balaban J connectivity index is 1.68. The van der Waals surface area contributed by atoms with E-state index in [1.807, 2.05) is 0 Å². The third kappa shape index (κ3) is 5.77. The molecular weight excluding hydrogens is 410 g/mol. The molecule has 1 amide bonds. The summed E-state index contributed by atoms with van der Waals surface area (Å²) in [6, 6.07) is 9.81. The number of halogens is 4. The van der Waals surface area contributed by atoms with Crippen LogP contribution in [-0.2, 0) is 4.79 Å². The average molecular weight is 423 g/mol. The summed E-state index contributed by atoms with van der Waals surface area (Å²) < 4.78 is 59.6. The Bertz CT molecular complexity index is 1010. The number of ether oxygens (including phenoxy) is 2. The molecule has 0 radical (unpaired) electrons. The van der Waals surface area contributed by atoms with Gasteiger partial charge in [0.05, 0.1) is 5.69 Å². The van der Waals surface area contributed by atoms with Gasteiger partial charge in [0.1, 0.15) is 17.8 Å². The van der Waals surface area contributed by atoms with E-state index in [0.29, 0.717) is 11.4 Å². The van der Waals surface area contributed by atoms with E-state index in [9.17, 15) is 22.4 Å². The molecule has 0 spiro atoms. The van der Waals surface area contributed by atoms with Crippen LogP contribution >= 0.6 is 0 Å². The molecule has 1 aromatic heterocycles. The summed E-state index contributed by atoms with van der Waals surface area (Å²) in [5.41, 5.74) is 1.21. The molecule has 0 aliphatic heterocycles. The lowest BCUT2D eigenvalue weighted by Gasteiger charge is -2.11. The minimum atomic E-state index is -3.19. The van der Waals surface area contributed by atoms with Crippen LogP contribution < -0.4 is 14.8 Å². The van der Waals surface area contributed by atoms with Gasteiger partial charge in [0.2, 0.25) is 5.91 Å². The van der Waals surface area contributed by atoms with Gasteiger partial charge in [-0.2, -0.15) is 17.6 Å². The highest BCUT2D eigenvalue weighted by Gasteiger charge is 2.12. The number of amides is 1. The molecule has 8 nitrogen and oxygen atoms in total. The topological polar surface area (TPSA) is 91.2 Å². The molecule has 0 atom stereocenters. The summed E-state index contributed by atoms with van der Waals surface area (Å²) in [6.07, 6.45) is 3.69. The Morgan fingerprint density at radius 1 is 1.03 bits per heavy atom. The molecule has 0 aliphatic carbocycles. The van der Waals surface area contributed by atoms with E-state index in [4.69, 9.17) is 0 Å². The number of carbonyl (C=O) groups is 1. The number of nitrogens with one attached hydrogen (secondary N) is 1. The first-order chi connectivity index (χ1) is 14.4. The van der Waals surface area contributed by atoms with Crippen LogP contribution in [0, 0.1) is 0 Å². The van der Waals surface area contributed by atoms with Crippen molar-refractivity contribution in [3.05, 3.63) is 60.4 Å². The van der Waals surface area contributed by atoms with Crippen LogP contribution in [-0.4, -0.2) is 39.3 Å². The number of aromatic nitrogens is 4. The summed E-state index contributed by atoms with van der Waals surface area (Å²) in [7, 11) is 0. The van der Waals surface area contributed by atoms with Crippen LogP contribution in [0.5, 0.6) is 11.5 Å². The van der Waals surface area contributed by atoms with Gasteiger partial charge in [-0.15, -0.1) is 5.10 Å². The van der Waals surface area contributed by atoms with E-state index in [0.717, 1.165) is 18.2 Å². The van der Waals surface area contributed by atoms with Gasteiger partial charge in [0, 0.05) is 23.4 Å². The highest BCUT2D eigenvalue weighted by atomic mass is 19.3. The Morgan fingerprint density at radius 2 is 1.77 bits per heavy atom. The number of tetrazole rings is 1. The number of anilines is 1. The largest absolute Gasteiger partial charge is 0.435 e. The third-order valence-corrected chi connectivity index (χ3v) is 3.59. The lowest BCUT2D eigenvalue weighted by molar-refractivity contribution is -0.111. The lowest BCUT2D eigenvalue weighted by atomic mass is 10.1. The zero-order chi connectivity index (χ0) is 21.5. The fraction of sp³-hybridized carbons (Fsp3) is 0.111. The van der Waals surface area contributed by atoms with Gasteiger partial charge in [0.15, 0.2) is 0 Å². The van der Waals surface area contributed by atoms with Crippen molar-refractivity contribution in [1.29, 1.82) is 0 Å². The molecule has 0 bridgehead atoms. The SMILES string of the molecule is O=C(/C=C/c1ccc(OC(F)F)cc1OC(F)F)Nc1ccc(-n2cnnn2)cc1. The van der Waals surface area contributed by atoms with Crippen molar-refractivity contribution >= 4 is 17.7 Å². The molecule has 0 saturated carbocycles. The smallest absolute Gasteiger partial charge is 0.387 e. The van der Waals surface area contributed by atoms with Crippen LogP contribution in [0.25, 0.3) is 11.8 Å². The molecule has 0 fully saturated rings. The number of carbonyl (C=O) groups excluding carboxylic acids is 1. The molecule has 0 aliphatic rings. The summed E-state index contributed by atoms with van der Waals surface area (Å²) in [6.45, 7) is -6.31. The maximum absolute atomic E-state index is 12.6. The number of alkyl halides is 4. The fourth-order valence-corrected chi connectivity index (χ4v) is 2.35. The van der Waals surface area contributed by atoms with Crippen LogP contribution in [0.4, 0.5) is 23.2 Å². The average Bonchev–Trinajstić information content (AvgIpc) is 3.22. The monoisotopic (exact) mass is 423 g/mol. The van der Waals surface area contributed by atoms with Crippen molar-refractivity contribution < 1.29 is 31.8 Å². The van der Waals surface area contributed by atoms with E-state index in [-0.39, 0.29) is 11.3 Å². The molecule has 30 heavy (non-hydrogen) atoms. The molecule has 0 unspecified atom stereocenters. The Hall–Kier alpha value is -3.96. The fourth-order valence-electron chi connectivity index (χ4n) is 2.35. The predicted molar refractivity (Wildman–Crippen MR) is 96.5 cm³/mol. The summed E-state index contributed by atoms with van der Waals surface area (Å²) in [4.78, 5) is 12.1. The molecule has 156 valence electrons. The van der Waals surface area contributed by atoms with Crippen molar-refractivity contribution in [3.63, 3.8) is 0 Å². The zero-order valence-electron chi connectivity index (χ0n) is 15.0. The minimum Gasteiger partial charge on any atom is -0.435 e. The molecular formula is C18H13F4N5O3. The van der Waals surface area contributed by atoms with E-state index >= 15 is 0 Å². The zero-order valence-corrected chi connectivity index (χ0v) is 15.0. The first-order valence-electron chi connectivity index (χ1n) is 8.27. The maximum Gasteiger partial charge on any atom is 0.387 e. The molecule has 2 aromatic carbocycles. The summed E-state index contributed by atoms with van der Waals surface area (Å²) >= 11 is 0. The number of benzene rings is 2. The van der Waals surface area contributed by atoms with Crippen molar-refractivity contribution in [2.24, 2.45) is 0 Å². The van der Waals surface area contributed by atoms with Crippen LogP contribution in [0.15, 0.2) is 54.9 Å². The highest BCUT2D eigenvalue weighted by Crippen LogP contribution is 2.28. The Morgan fingerprint density at radius 3 is 2.40 bits per heavy atom. The number of nitrogens with zero attached hydrogens (tertiary/aromatic N) is 4. The van der Waals surface area contributed by atoms with Gasteiger partial charge in [-0.25, -0.2) is 4.68 Å². The van der Waals surface area contributed by atoms with Gasteiger partial charge >= 0.3 is 13.2 Å². The summed E-state index contributed by atoms with van der Waals surface area (Å²) in [5.74, 6) is -1.33. The Labute approximate surface area is 166 Å². The first-order valence-corrected chi connectivity index (χ1v) is 8.27. The molecule has 12 heteroatoms. The highest BCUT2D eigenvalue weighted by molar-refractivity contribution is 6.02. The van der Waals surface area contributed by atoms with Gasteiger partial charge in [-0.3, -0.25) is 4.79 Å². The number of hydrogen-bond donors (Lipinski definition) is 1. The van der Waals surface area contributed by atoms with Gasteiger partial charge in [-0.05, 0) is 52.9 Å². The van der Waals surface area contributed by atoms with E-state index in [1.165, 1.54) is 23.2 Å². The third-order valence-electron chi connectivity index (χ3n) is 3.59.